The molecule has 37 heavy (non-hydrogen) atoms. The van der Waals surface area contributed by atoms with Crippen LogP contribution in [-0.4, -0.2) is 65.5 Å². The zero-order valence-corrected chi connectivity index (χ0v) is 22.3. The number of thiophene rings is 1. The predicted octanol–water partition coefficient (Wildman–Crippen LogP) is 4.93. The highest BCUT2D eigenvalue weighted by molar-refractivity contribution is 7.21. The van der Waals surface area contributed by atoms with Crippen molar-refractivity contribution in [3.05, 3.63) is 52.7 Å². The number of hydrogen-bond donors (Lipinski definition) is 1. The molecule has 0 spiro atoms. The highest BCUT2D eigenvalue weighted by Crippen LogP contribution is 2.37. The van der Waals surface area contributed by atoms with Crippen LogP contribution in [0.3, 0.4) is 0 Å². The van der Waals surface area contributed by atoms with E-state index in [1.807, 2.05) is 55.8 Å². The molecule has 1 aliphatic heterocycles. The maximum absolute atomic E-state index is 13.1. The maximum Gasteiger partial charge on any atom is 0.253 e. The minimum atomic E-state index is -0.0544. The number of carbonyl (C=O) groups excluding carboxylic acids is 2. The van der Waals surface area contributed by atoms with E-state index in [2.05, 4.69) is 15.2 Å². The van der Waals surface area contributed by atoms with Gasteiger partial charge in [0.25, 0.3) is 5.91 Å². The summed E-state index contributed by atoms with van der Waals surface area (Å²) in [5, 5.41) is 3.99. The number of ketones is 1. The molecule has 8 nitrogen and oxygen atoms in total. The van der Waals surface area contributed by atoms with E-state index < -0.39 is 0 Å². The van der Waals surface area contributed by atoms with Gasteiger partial charge in [0.1, 0.15) is 11.5 Å². The van der Waals surface area contributed by atoms with Crippen molar-refractivity contribution in [2.24, 2.45) is 7.05 Å². The van der Waals surface area contributed by atoms with E-state index in [-0.39, 0.29) is 11.7 Å². The van der Waals surface area contributed by atoms with Crippen LogP contribution in [0.15, 0.2) is 36.5 Å². The molecule has 0 radical (unpaired) electrons. The number of aromatic nitrogens is 2. The van der Waals surface area contributed by atoms with Crippen LogP contribution < -0.4 is 10.1 Å². The molecule has 1 amide bonds. The Morgan fingerprint density at radius 3 is 2.78 bits per heavy atom. The summed E-state index contributed by atoms with van der Waals surface area (Å²) in [4.78, 5) is 32.8. The molecule has 1 saturated heterocycles. The number of aryl methyl sites for hydroxylation is 1. The lowest BCUT2D eigenvalue weighted by atomic mass is 10.1. The maximum atomic E-state index is 13.1. The Bertz CT molecular complexity index is 1450. The van der Waals surface area contributed by atoms with Crippen LogP contribution in [0.25, 0.3) is 21.1 Å². The monoisotopic (exact) mass is 520 g/mol. The molecule has 1 fully saturated rings. The second-order valence-corrected chi connectivity index (χ2v) is 10.3. The molecule has 1 aliphatic rings. The van der Waals surface area contributed by atoms with Crippen molar-refractivity contribution in [1.82, 2.24) is 19.8 Å². The van der Waals surface area contributed by atoms with Crippen molar-refractivity contribution < 1.29 is 19.1 Å². The molecule has 1 aromatic carbocycles. The first kappa shape index (κ1) is 25.4. The second-order valence-electron chi connectivity index (χ2n) is 9.27. The summed E-state index contributed by atoms with van der Waals surface area (Å²) in [6, 6.07) is 9.42. The Balaban J connectivity index is 1.33. The number of amides is 1. The molecule has 5 rings (SSSR count). The van der Waals surface area contributed by atoms with Crippen molar-refractivity contribution in [2.45, 2.75) is 26.7 Å². The van der Waals surface area contributed by atoms with Gasteiger partial charge in [0.15, 0.2) is 5.78 Å². The molecule has 194 valence electrons. The lowest BCUT2D eigenvalue weighted by Crippen LogP contribution is -2.38. The lowest BCUT2D eigenvalue weighted by molar-refractivity contribution is 0.0374. The van der Waals surface area contributed by atoms with Crippen LogP contribution in [0.4, 0.5) is 0 Å². The van der Waals surface area contributed by atoms with E-state index in [4.69, 9.17) is 9.47 Å². The topological polar surface area (TPSA) is 85.7 Å². The minimum absolute atomic E-state index is 0.0544. The van der Waals surface area contributed by atoms with Crippen molar-refractivity contribution in [1.29, 1.82) is 0 Å². The fourth-order valence-electron chi connectivity index (χ4n) is 4.75. The largest absolute Gasteiger partial charge is 0.456 e. The molecule has 1 N–H and O–H groups in total. The molecule has 0 bridgehead atoms. The molecule has 9 heteroatoms. The number of fused-ring (bicyclic) bond motifs is 2. The Hall–Kier alpha value is -3.27. The normalized spacial score (nSPS) is 14.4. The number of carbonyl (C=O) groups is 2. The second kappa shape index (κ2) is 11.0. The molecular weight excluding hydrogens is 488 g/mol. The number of nitrogens with one attached hydrogen (secondary N) is 1. The van der Waals surface area contributed by atoms with Crippen LogP contribution in [0, 0.1) is 6.92 Å². The van der Waals surface area contributed by atoms with Gasteiger partial charge in [-0.05, 0) is 38.1 Å². The third-order valence-electron chi connectivity index (χ3n) is 6.93. The first-order valence-electron chi connectivity index (χ1n) is 12.7. The quantitative estimate of drug-likeness (QED) is 0.249. The number of ether oxygens (including phenoxy) is 2. The first-order chi connectivity index (χ1) is 18.0. The summed E-state index contributed by atoms with van der Waals surface area (Å²) in [6.07, 6.45) is 3.05. The number of rotatable bonds is 9. The number of nitrogens with zero attached hydrogens (tertiary/aromatic N) is 3. The van der Waals surface area contributed by atoms with Gasteiger partial charge in [-0.2, -0.15) is 0 Å². The summed E-state index contributed by atoms with van der Waals surface area (Å²) in [5.41, 5.74) is 3.28. The number of hydrogen-bond acceptors (Lipinski definition) is 7. The number of morpholine rings is 1. The first-order valence-corrected chi connectivity index (χ1v) is 13.5. The molecule has 4 heterocycles. The summed E-state index contributed by atoms with van der Waals surface area (Å²) >= 11 is 1.41. The SMILES string of the molecule is CCC(=O)c1cc2nccc(Oc3ccc4c(C(=O)NCCCN5CCOCC5)c(C)n(C)c4c3)c2s1. The standard InChI is InChI=1S/C28H32N4O4S/c1-4-23(33)25-17-21-27(37-25)24(8-10-29-21)36-19-6-7-20-22(16-19)31(3)18(2)26(20)28(34)30-9-5-11-32-12-14-35-15-13-32/h6-8,10,16-17H,4-5,9,11-15H2,1-3H3,(H,30,34). The lowest BCUT2D eigenvalue weighted by Gasteiger charge is -2.26. The highest BCUT2D eigenvalue weighted by Gasteiger charge is 2.20. The van der Waals surface area contributed by atoms with E-state index in [1.54, 1.807) is 6.20 Å². The number of Topliss-reactive ketones (excluding diaryl/α,β-unsaturated/α-hetero) is 1. The minimum Gasteiger partial charge on any atom is -0.456 e. The summed E-state index contributed by atoms with van der Waals surface area (Å²) in [5.74, 6) is 1.37. The van der Waals surface area contributed by atoms with E-state index in [0.29, 0.717) is 34.9 Å². The zero-order chi connectivity index (χ0) is 25.9. The van der Waals surface area contributed by atoms with Crippen molar-refractivity contribution >= 4 is 44.1 Å². The average Bonchev–Trinajstić information content (AvgIpc) is 3.46. The van der Waals surface area contributed by atoms with Crippen molar-refractivity contribution in [3.63, 3.8) is 0 Å². The van der Waals surface area contributed by atoms with Gasteiger partial charge < -0.3 is 19.4 Å². The van der Waals surface area contributed by atoms with Crippen LogP contribution in [0.1, 0.15) is 45.5 Å². The predicted molar refractivity (Wildman–Crippen MR) is 146 cm³/mol. The van der Waals surface area contributed by atoms with Crippen molar-refractivity contribution in [2.75, 3.05) is 39.4 Å². The van der Waals surface area contributed by atoms with Crippen LogP contribution in [-0.2, 0) is 11.8 Å². The average molecular weight is 521 g/mol. The fourth-order valence-corrected chi connectivity index (χ4v) is 5.82. The van der Waals surface area contributed by atoms with Gasteiger partial charge in [-0.3, -0.25) is 19.5 Å². The van der Waals surface area contributed by atoms with Crippen molar-refractivity contribution in [3.8, 4) is 11.5 Å². The van der Waals surface area contributed by atoms with Gasteiger partial charge in [0, 0.05) is 62.5 Å². The molecule has 0 aliphatic carbocycles. The summed E-state index contributed by atoms with van der Waals surface area (Å²) < 4.78 is 14.5. The molecule has 0 atom stereocenters. The van der Waals surface area contributed by atoms with Gasteiger partial charge in [-0.15, -0.1) is 11.3 Å². The molecule has 0 saturated carbocycles. The van der Waals surface area contributed by atoms with Gasteiger partial charge >= 0.3 is 0 Å². The summed E-state index contributed by atoms with van der Waals surface area (Å²) in [7, 11) is 1.96. The fraction of sp³-hybridized carbons (Fsp3) is 0.393. The Labute approximate surface area is 220 Å². The number of pyridine rings is 1. The number of benzene rings is 1. The molecular formula is C28H32N4O4S. The molecule has 3 aromatic heterocycles. The van der Waals surface area contributed by atoms with E-state index in [1.165, 1.54) is 11.3 Å². The smallest absolute Gasteiger partial charge is 0.253 e. The van der Waals surface area contributed by atoms with Crippen LogP contribution >= 0.6 is 11.3 Å². The van der Waals surface area contributed by atoms with Gasteiger partial charge in [-0.25, -0.2) is 0 Å². The van der Waals surface area contributed by atoms with E-state index in [0.717, 1.165) is 66.1 Å². The highest BCUT2D eigenvalue weighted by atomic mass is 32.1. The Kier molecular flexibility index (Phi) is 7.55. The van der Waals surface area contributed by atoms with E-state index in [9.17, 15) is 9.59 Å². The Morgan fingerprint density at radius 2 is 2.00 bits per heavy atom. The van der Waals surface area contributed by atoms with Gasteiger partial charge in [0.2, 0.25) is 0 Å². The third kappa shape index (κ3) is 5.25. The Morgan fingerprint density at radius 1 is 1.19 bits per heavy atom. The molecule has 4 aromatic rings. The molecule has 0 unspecified atom stereocenters. The van der Waals surface area contributed by atoms with Gasteiger partial charge in [-0.1, -0.05) is 6.92 Å². The van der Waals surface area contributed by atoms with Gasteiger partial charge in [0.05, 0.1) is 39.4 Å². The van der Waals surface area contributed by atoms with E-state index >= 15 is 0 Å². The van der Waals surface area contributed by atoms with Crippen LogP contribution in [0.5, 0.6) is 11.5 Å². The zero-order valence-electron chi connectivity index (χ0n) is 21.5. The summed E-state index contributed by atoms with van der Waals surface area (Å²) in [6.45, 7) is 8.89. The third-order valence-corrected chi connectivity index (χ3v) is 8.11. The van der Waals surface area contributed by atoms with Crippen LogP contribution in [0.2, 0.25) is 0 Å².